The predicted molar refractivity (Wildman–Crippen MR) is 64.7 cm³/mol. The smallest absolute Gasteiger partial charge is 0.308 e. The Labute approximate surface area is 105 Å². The predicted octanol–water partition coefficient (Wildman–Crippen LogP) is 1.91. The van der Waals surface area contributed by atoms with Gasteiger partial charge in [0, 0.05) is 6.54 Å². The molecule has 0 aliphatic rings. The molecule has 1 aromatic carbocycles. The van der Waals surface area contributed by atoms with Crippen molar-refractivity contribution in [2.24, 2.45) is 11.8 Å². The molecule has 0 bridgehead atoms. The number of hydrogen-bond acceptors (Lipinski definition) is 2. The molecule has 0 spiro atoms. The van der Waals surface area contributed by atoms with E-state index in [1.165, 1.54) is 18.2 Å². The first-order chi connectivity index (χ1) is 8.43. The summed E-state index contributed by atoms with van der Waals surface area (Å²) in [7, 11) is 0. The molecule has 1 amide bonds. The van der Waals surface area contributed by atoms with Gasteiger partial charge in [-0.05, 0) is 18.1 Å². The van der Waals surface area contributed by atoms with Gasteiger partial charge in [-0.2, -0.15) is 0 Å². The van der Waals surface area contributed by atoms with Crippen molar-refractivity contribution in [3.8, 4) is 0 Å². The van der Waals surface area contributed by atoms with Gasteiger partial charge in [0.05, 0.1) is 11.5 Å². The Morgan fingerprint density at radius 3 is 2.44 bits per heavy atom. The van der Waals surface area contributed by atoms with E-state index < -0.39 is 23.6 Å². The van der Waals surface area contributed by atoms with Crippen LogP contribution in [0.15, 0.2) is 24.3 Å². The Hall–Kier alpha value is -1.91. The van der Waals surface area contributed by atoms with Gasteiger partial charge in [0.2, 0.25) is 0 Å². The number of aliphatic carboxylic acids is 1. The summed E-state index contributed by atoms with van der Waals surface area (Å²) in [5, 5.41) is 11.4. The SMILES string of the molecule is CC(C)C(CNC(=O)c1ccccc1F)C(=O)O. The van der Waals surface area contributed by atoms with E-state index in [1.807, 2.05) is 0 Å². The first-order valence-corrected chi connectivity index (χ1v) is 5.69. The molecule has 2 N–H and O–H groups in total. The van der Waals surface area contributed by atoms with Gasteiger partial charge in [-0.3, -0.25) is 9.59 Å². The molecule has 0 saturated carbocycles. The fourth-order valence-electron chi connectivity index (χ4n) is 1.55. The molecule has 1 rings (SSSR count). The summed E-state index contributed by atoms with van der Waals surface area (Å²) in [4.78, 5) is 22.6. The van der Waals surface area contributed by atoms with Crippen molar-refractivity contribution < 1.29 is 19.1 Å². The lowest BCUT2D eigenvalue weighted by Gasteiger charge is -2.16. The summed E-state index contributed by atoms with van der Waals surface area (Å²) in [5.74, 6) is -2.98. The molecule has 1 unspecified atom stereocenters. The largest absolute Gasteiger partial charge is 0.481 e. The molecular formula is C13H16FNO3. The Kier molecular flexibility index (Phi) is 4.83. The molecule has 0 saturated heterocycles. The minimum absolute atomic E-state index is 0.0137. The zero-order chi connectivity index (χ0) is 13.7. The highest BCUT2D eigenvalue weighted by atomic mass is 19.1. The average molecular weight is 253 g/mol. The second-order valence-corrected chi connectivity index (χ2v) is 4.38. The second kappa shape index (κ2) is 6.14. The fourth-order valence-corrected chi connectivity index (χ4v) is 1.55. The van der Waals surface area contributed by atoms with Crippen LogP contribution >= 0.6 is 0 Å². The lowest BCUT2D eigenvalue weighted by atomic mass is 9.96. The van der Waals surface area contributed by atoms with E-state index in [4.69, 9.17) is 5.11 Å². The summed E-state index contributed by atoms with van der Waals surface area (Å²) in [5.41, 5.74) is -0.0783. The molecule has 0 aliphatic heterocycles. The second-order valence-electron chi connectivity index (χ2n) is 4.38. The molecular weight excluding hydrogens is 237 g/mol. The van der Waals surface area contributed by atoms with E-state index in [2.05, 4.69) is 5.32 Å². The zero-order valence-electron chi connectivity index (χ0n) is 10.3. The quantitative estimate of drug-likeness (QED) is 0.842. The van der Waals surface area contributed by atoms with Gasteiger partial charge in [0.1, 0.15) is 5.82 Å². The maximum absolute atomic E-state index is 13.3. The number of nitrogens with one attached hydrogen (secondary N) is 1. The molecule has 18 heavy (non-hydrogen) atoms. The lowest BCUT2D eigenvalue weighted by molar-refractivity contribution is -0.142. The summed E-state index contributed by atoms with van der Waals surface area (Å²) in [6.45, 7) is 3.50. The number of carbonyl (C=O) groups is 2. The Morgan fingerprint density at radius 2 is 1.94 bits per heavy atom. The van der Waals surface area contributed by atoms with Crippen LogP contribution in [-0.4, -0.2) is 23.5 Å². The van der Waals surface area contributed by atoms with E-state index in [-0.39, 0.29) is 18.0 Å². The van der Waals surface area contributed by atoms with Gasteiger partial charge in [0.25, 0.3) is 5.91 Å². The standard InChI is InChI=1S/C13H16FNO3/c1-8(2)10(13(17)18)7-15-12(16)9-5-3-4-6-11(9)14/h3-6,8,10H,7H2,1-2H3,(H,15,16)(H,17,18). The third kappa shape index (κ3) is 3.55. The zero-order valence-corrected chi connectivity index (χ0v) is 10.3. The van der Waals surface area contributed by atoms with Gasteiger partial charge in [-0.15, -0.1) is 0 Å². The van der Waals surface area contributed by atoms with Crippen molar-refractivity contribution in [3.05, 3.63) is 35.6 Å². The number of amides is 1. The Balaban J connectivity index is 2.66. The Bertz CT molecular complexity index is 446. The highest BCUT2D eigenvalue weighted by Crippen LogP contribution is 2.11. The van der Waals surface area contributed by atoms with Crippen molar-refractivity contribution in [1.29, 1.82) is 0 Å². The maximum atomic E-state index is 13.3. The van der Waals surface area contributed by atoms with Gasteiger partial charge < -0.3 is 10.4 Å². The lowest BCUT2D eigenvalue weighted by Crippen LogP contribution is -2.35. The molecule has 0 aliphatic carbocycles. The molecule has 0 radical (unpaired) electrons. The van der Waals surface area contributed by atoms with Crippen LogP contribution in [0.3, 0.4) is 0 Å². The van der Waals surface area contributed by atoms with E-state index in [0.29, 0.717) is 0 Å². The molecule has 0 heterocycles. The van der Waals surface area contributed by atoms with Crippen LogP contribution in [-0.2, 0) is 4.79 Å². The van der Waals surface area contributed by atoms with Gasteiger partial charge in [0.15, 0.2) is 0 Å². The minimum atomic E-state index is -0.973. The van der Waals surface area contributed by atoms with E-state index in [9.17, 15) is 14.0 Å². The first kappa shape index (κ1) is 14.2. The highest BCUT2D eigenvalue weighted by Gasteiger charge is 2.22. The molecule has 0 aromatic heterocycles. The van der Waals surface area contributed by atoms with E-state index in [0.717, 1.165) is 0 Å². The van der Waals surface area contributed by atoms with Gasteiger partial charge in [-0.25, -0.2) is 4.39 Å². The number of halogens is 1. The molecule has 1 aromatic rings. The number of hydrogen-bond donors (Lipinski definition) is 2. The highest BCUT2D eigenvalue weighted by molar-refractivity contribution is 5.94. The maximum Gasteiger partial charge on any atom is 0.308 e. The summed E-state index contributed by atoms with van der Waals surface area (Å²) in [6.07, 6.45) is 0. The van der Waals surface area contributed by atoms with Crippen molar-refractivity contribution in [2.45, 2.75) is 13.8 Å². The molecule has 0 fully saturated rings. The van der Waals surface area contributed by atoms with Crippen LogP contribution in [0.2, 0.25) is 0 Å². The van der Waals surface area contributed by atoms with E-state index >= 15 is 0 Å². The molecule has 1 atom stereocenters. The van der Waals surface area contributed by atoms with Crippen LogP contribution in [0.25, 0.3) is 0 Å². The number of carboxylic acids is 1. The number of benzene rings is 1. The number of carboxylic acid groups (broad SMARTS) is 1. The van der Waals surface area contributed by atoms with Crippen molar-refractivity contribution in [2.75, 3.05) is 6.54 Å². The molecule has 4 nitrogen and oxygen atoms in total. The topological polar surface area (TPSA) is 66.4 Å². The summed E-state index contributed by atoms with van der Waals surface area (Å²) >= 11 is 0. The van der Waals surface area contributed by atoms with Crippen LogP contribution in [0.1, 0.15) is 24.2 Å². The third-order valence-corrected chi connectivity index (χ3v) is 2.72. The van der Waals surface area contributed by atoms with Gasteiger partial charge >= 0.3 is 5.97 Å². The van der Waals surface area contributed by atoms with Crippen LogP contribution in [0.5, 0.6) is 0 Å². The Morgan fingerprint density at radius 1 is 1.33 bits per heavy atom. The van der Waals surface area contributed by atoms with Gasteiger partial charge in [-0.1, -0.05) is 26.0 Å². The molecule has 5 heteroatoms. The third-order valence-electron chi connectivity index (χ3n) is 2.72. The molecule has 98 valence electrons. The fraction of sp³-hybridized carbons (Fsp3) is 0.385. The first-order valence-electron chi connectivity index (χ1n) is 5.69. The van der Waals surface area contributed by atoms with E-state index in [1.54, 1.807) is 19.9 Å². The monoisotopic (exact) mass is 253 g/mol. The normalized spacial score (nSPS) is 12.2. The minimum Gasteiger partial charge on any atom is -0.481 e. The summed E-state index contributed by atoms with van der Waals surface area (Å²) in [6, 6.07) is 5.58. The van der Waals surface area contributed by atoms with Crippen LogP contribution in [0.4, 0.5) is 4.39 Å². The van der Waals surface area contributed by atoms with Crippen LogP contribution < -0.4 is 5.32 Å². The van der Waals surface area contributed by atoms with Crippen LogP contribution in [0, 0.1) is 17.7 Å². The number of rotatable bonds is 5. The number of carbonyl (C=O) groups excluding carboxylic acids is 1. The average Bonchev–Trinajstić information content (AvgIpc) is 2.28. The van der Waals surface area contributed by atoms with Crippen molar-refractivity contribution >= 4 is 11.9 Å². The summed E-state index contributed by atoms with van der Waals surface area (Å²) < 4.78 is 13.3. The van der Waals surface area contributed by atoms with Crippen molar-refractivity contribution in [1.82, 2.24) is 5.32 Å². The van der Waals surface area contributed by atoms with Crippen molar-refractivity contribution in [3.63, 3.8) is 0 Å².